The average molecular weight is 705 g/mol. The Bertz CT molecular complexity index is 1280. The summed E-state index contributed by atoms with van der Waals surface area (Å²) in [6.45, 7) is 21.2. The van der Waals surface area contributed by atoms with E-state index in [0.717, 1.165) is 44.9 Å². The van der Waals surface area contributed by atoms with Crippen LogP contribution in [0.5, 0.6) is 0 Å². The van der Waals surface area contributed by atoms with E-state index >= 15 is 0 Å². The molecule has 0 atom stereocenters. The van der Waals surface area contributed by atoms with Gasteiger partial charge >= 0.3 is 265 Å². The molecule has 0 heterocycles. The number of benzene rings is 3. The third-order valence-corrected chi connectivity index (χ3v) is 15.1. The minimum Gasteiger partial charge on any atom is -0.147 e. The van der Waals surface area contributed by atoms with Crippen molar-refractivity contribution in [3.05, 3.63) is 109 Å². The van der Waals surface area contributed by atoms with Gasteiger partial charge in [-0.15, -0.1) is 37.2 Å². The molecule has 0 fully saturated rings. The molecule has 0 aromatic heterocycles. The van der Waals surface area contributed by atoms with Crippen molar-refractivity contribution in [3.63, 3.8) is 0 Å². The first-order valence-electron chi connectivity index (χ1n) is 16.1. The molecule has 239 valence electrons. The van der Waals surface area contributed by atoms with Crippen molar-refractivity contribution >= 4 is 60.9 Å². The maximum absolute atomic E-state index is 2.70. The summed E-state index contributed by atoms with van der Waals surface area (Å²) in [5.41, 5.74) is 10.5. The first-order valence-corrected chi connectivity index (χ1v) is 18.9. The normalized spacial score (nSPS) is 13.1. The molecule has 0 aliphatic heterocycles. The summed E-state index contributed by atoms with van der Waals surface area (Å²) in [4.78, 5) is 0. The number of hydrogen-bond donors (Lipinski definition) is 0. The Balaban J connectivity index is 0.00000323. The van der Waals surface area contributed by atoms with Gasteiger partial charge in [0.15, 0.2) is 0 Å². The molecule has 5 heteroatoms. The minimum atomic E-state index is -2.70. The summed E-state index contributed by atoms with van der Waals surface area (Å²) in [5, 5.41) is 6.40. The Morgan fingerprint density at radius 3 is 1.02 bits per heavy atom. The molecule has 1 aliphatic carbocycles. The van der Waals surface area contributed by atoms with E-state index in [4.69, 9.17) is 0 Å². The number of halogens is 3. The van der Waals surface area contributed by atoms with Gasteiger partial charge in [-0.25, -0.2) is 0 Å². The molecule has 0 saturated carbocycles. The molecule has 0 N–H and O–H groups in total. The summed E-state index contributed by atoms with van der Waals surface area (Å²) in [6, 6.07) is 23.0. The van der Waals surface area contributed by atoms with Crippen molar-refractivity contribution in [2.75, 3.05) is 0 Å². The van der Waals surface area contributed by atoms with Crippen LogP contribution >= 0.6 is 37.2 Å². The largest absolute Gasteiger partial charge is 0.147 e. The van der Waals surface area contributed by atoms with Crippen molar-refractivity contribution in [2.45, 2.75) is 107 Å². The Kier molecular flexibility index (Phi) is 16.0. The zero-order valence-corrected chi connectivity index (χ0v) is 33.5. The number of hydrogen-bond acceptors (Lipinski definition) is 0. The van der Waals surface area contributed by atoms with Crippen LogP contribution in [-0.4, -0.2) is 8.07 Å². The van der Waals surface area contributed by atoms with E-state index in [9.17, 15) is 0 Å². The fourth-order valence-corrected chi connectivity index (χ4v) is 13.7. The molecule has 0 unspecified atom stereocenters. The second-order valence-corrected chi connectivity index (χ2v) is 17.6. The molecule has 4 rings (SSSR count). The topological polar surface area (TPSA) is 0 Å². The summed E-state index contributed by atoms with van der Waals surface area (Å²) < 4.78 is 1.57. The minimum absolute atomic E-state index is 0. The molecular formula is C39H54Cl3SiTi. The Labute approximate surface area is 300 Å². The van der Waals surface area contributed by atoms with Crippen LogP contribution in [0.4, 0.5) is 0 Å². The molecule has 0 radical (unpaired) electrons. The van der Waals surface area contributed by atoms with E-state index in [-0.39, 0.29) is 42.6 Å². The van der Waals surface area contributed by atoms with Crippen molar-refractivity contribution in [1.29, 1.82) is 0 Å². The predicted octanol–water partition coefficient (Wildman–Crippen LogP) is 9.51. The van der Waals surface area contributed by atoms with Gasteiger partial charge in [0.05, 0.1) is 0 Å². The first-order chi connectivity index (χ1) is 19.5. The van der Waals surface area contributed by atoms with Crippen LogP contribution in [0, 0.1) is 5.41 Å². The maximum Gasteiger partial charge on any atom is -0.147 e. The predicted molar refractivity (Wildman–Crippen MR) is 201 cm³/mol. The quantitative estimate of drug-likeness (QED) is 0.146. The molecule has 0 nitrogen and oxygen atoms in total. The second kappa shape index (κ2) is 17.2. The Morgan fingerprint density at radius 1 is 0.523 bits per heavy atom. The van der Waals surface area contributed by atoms with Crippen LogP contribution in [0.1, 0.15) is 102 Å². The second-order valence-electron chi connectivity index (χ2n) is 12.9. The third kappa shape index (κ3) is 8.07. The van der Waals surface area contributed by atoms with Gasteiger partial charge in [-0.05, 0) is 0 Å². The summed E-state index contributed by atoms with van der Waals surface area (Å²) in [7, 11) is -2.70. The van der Waals surface area contributed by atoms with E-state index in [2.05, 4.69) is 143 Å². The standard InChI is InChI=1S/C39H51Si.3ClH.Ti/c1-10-28-19-29(11-2)23-34(22-28)40(38-18-16-17-37(38)39(7,8)9,35-24-30(12-3)20-31(13-4)25-35)36-26-32(14-5)21-33(15-6)27-36;;;;/h17,19-27H,10-16H2,1-9H3;3*1H;. The van der Waals surface area contributed by atoms with Crippen LogP contribution in [0.3, 0.4) is 0 Å². The van der Waals surface area contributed by atoms with E-state index in [1.807, 2.05) is 0 Å². The monoisotopic (exact) mass is 703 g/mol. The van der Waals surface area contributed by atoms with E-state index < -0.39 is 8.07 Å². The van der Waals surface area contributed by atoms with Gasteiger partial charge in [-0.1, -0.05) is 0 Å². The van der Waals surface area contributed by atoms with Gasteiger partial charge in [-0.3, -0.25) is 0 Å². The molecular weight excluding hydrogens is 651 g/mol. The van der Waals surface area contributed by atoms with Crippen LogP contribution in [-0.2, 0) is 59.0 Å². The SMILES string of the molecule is CCc1cc(CC)cc([Si](C2=[C]([Ti])CC=C2C(C)(C)C)(c2cc(CC)cc(CC)c2)c2cc(CC)cc(CC)c2)c1.Cl.Cl.Cl. The van der Waals surface area contributed by atoms with Gasteiger partial charge in [-0.2, -0.15) is 0 Å². The molecule has 1 aliphatic rings. The first kappa shape index (κ1) is 41.0. The maximum atomic E-state index is 2.61. The van der Waals surface area contributed by atoms with Gasteiger partial charge in [0.1, 0.15) is 0 Å². The van der Waals surface area contributed by atoms with Crippen LogP contribution in [0.25, 0.3) is 0 Å². The fourth-order valence-electron chi connectivity index (χ4n) is 6.78. The third-order valence-electron chi connectivity index (χ3n) is 9.17. The van der Waals surface area contributed by atoms with Crippen molar-refractivity contribution in [2.24, 2.45) is 5.41 Å². The molecule has 0 amide bonds. The summed E-state index contributed by atoms with van der Waals surface area (Å²) in [5.74, 6) is 0. The fraction of sp³-hybridized carbons (Fsp3) is 0.436. The van der Waals surface area contributed by atoms with Crippen molar-refractivity contribution < 1.29 is 20.4 Å². The van der Waals surface area contributed by atoms with Gasteiger partial charge < -0.3 is 0 Å². The molecule has 0 spiro atoms. The Hall–Kier alpha value is -1.06. The molecule has 0 bridgehead atoms. The van der Waals surface area contributed by atoms with Crippen LogP contribution in [0.15, 0.2) is 75.3 Å². The van der Waals surface area contributed by atoms with Crippen LogP contribution in [0.2, 0.25) is 0 Å². The van der Waals surface area contributed by atoms with Gasteiger partial charge in [0.2, 0.25) is 0 Å². The summed E-state index contributed by atoms with van der Waals surface area (Å²) >= 11 is 2.44. The zero-order valence-electron chi connectivity index (χ0n) is 28.4. The van der Waals surface area contributed by atoms with Crippen molar-refractivity contribution in [3.8, 4) is 0 Å². The number of rotatable bonds is 10. The van der Waals surface area contributed by atoms with E-state index in [0.29, 0.717) is 0 Å². The average Bonchev–Trinajstić information content (AvgIpc) is 3.38. The number of allylic oxidation sites excluding steroid dienone is 4. The molecule has 3 aromatic rings. The van der Waals surface area contributed by atoms with Crippen molar-refractivity contribution in [1.82, 2.24) is 0 Å². The molecule has 3 aromatic carbocycles. The van der Waals surface area contributed by atoms with Crippen LogP contribution < -0.4 is 15.6 Å². The van der Waals surface area contributed by atoms with E-state index in [1.54, 1.807) is 30.2 Å². The summed E-state index contributed by atoms with van der Waals surface area (Å²) in [6.07, 6.45) is 10.0. The van der Waals surface area contributed by atoms with Gasteiger partial charge in [0, 0.05) is 0 Å². The molecule has 44 heavy (non-hydrogen) atoms. The number of aryl methyl sites for hydroxylation is 6. The zero-order chi connectivity index (χ0) is 29.9. The molecule has 0 saturated heterocycles. The van der Waals surface area contributed by atoms with Gasteiger partial charge in [0.25, 0.3) is 0 Å². The smallest absolute Gasteiger partial charge is 0.147 e. The van der Waals surface area contributed by atoms with E-state index in [1.165, 1.54) is 33.4 Å². The Morgan fingerprint density at radius 2 is 0.795 bits per heavy atom.